The molecule has 1 heterocycles. The highest BCUT2D eigenvalue weighted by Gasteiger charge is 2.13. The Morgan fingerprint density at radius 1 is 0.889 bits per heavy atom. The Morgan fingerprint density at radius 2 is 1.63 bits per heavy atom. The summed E-state index contributed by atoms with van der Waals surface area (Å²) in [4.78, 5) is 3.32. The van der Waals surface area contributed by atoms with Crippen LogP contribution < -0.4 is 9.64 Å². The third kappa shape index (κ3) is 3.53. The Kier molecular flexibility index (Phi) is 4.82. The Balaban J connectivity index is 1.83. The highest BCUT2D eigenvalue weighted by Crippen LogP contribution is 2.37. The lowest BCUT2D eigenvalue weighted by Gasteiger charge is -2.12. The maximum Gasteiger partial charge on any atom is 0.119 e. The van der Waals surface area contributed by atoms with Gasteiger partial charge in [-0.2, -0.15) is 0 Å². The van der Waals surface area contributed by atoms with Crippen LogP contribution in [0.15, 0.2) is 83.9 Å². The Morgan fingerprint density at radius 3 is 2.30 bits per heavy atom. The van der Waals surface area contributed by atoms with Crippen LogP contribution in [0.1, 0.15) is 0 Å². The Bertz CT molecular complexity index is 1050. The summed E-state index contributed by atoms with van der Waals surface area (Å²) in [5, 5.41) is 1.19. The number of nitrogens with zero attached hydrogens (tertiary/aromatic N) is 2. The molecule has 0 spiro atoms. The lowest BCUT2D eigenvalue weighted by Crippen LogP contribution is -2.07. The van der Waals surface area contributed by atoms with Crippen LogP contribution in [0.5, 0.6) is 5.75 Å². The second-order valence-electron chi connectivity index (χ2n) is 6.60. The van der Waals surface area contributed by atoms with E-state index in [-0.39, 0.29) is 0 Å². The van der Waals surface area contributed by atoms with Gasteiger partial charge in [-0.25, -0.2) is 0 Å². The van der Waals surface area contributed by atoms with E-state index in [1.54, 1.807) is 19.1 Å². The standard InChI is InChI=1S/C23H22N2OS/c1-24(2)18-11-9-17(10-12-18)22-16-25(27-20-7-5-4-6-8-20)23-14-13-19(26-3)15-21(22)23/h4-16H,1-3H3. The molecule has 3 nitrogen and oxygen atoms in total. The number of benzene rings is 3. The summed E-state index contributed by atoms with van der Waals surface area (Å²) in [6, 6.07) is 25.4. The average Bonchev–Trinajstić information content (AvgIpc) is 3.06. The number of aromatic nitrogens is 1. The van der Waals surface area contributed by atoms with Crippen molar-refractivity contribution in [3.8, 4) is 16.9 Å². The van der Waals surface area contributed by atoms with Gasteiger partial charge in [0.15, 0.2) is 0 Å². The Hall–Kier alpha value is -2.85. The van der Waals surface area contributed by atoms with Crippen molar-refractivity contribution in [2.75, 3.05) is 26.1 Å². The summed E-state index contributed by atoms with van der Waals surface area (Å²) in [6.45, 7) is 0. The monoisotopic (exact) mass is 374 g/mol. The highest BCUT2D eigenvalue weighted by molar-refractivity contribution is 7.98. The predicted octanol–water partition coefficient (Wildman–Crippen LogP) is 5.94. The summed E-state index contributed by atoms with van der Waals surface area (Å²) >= 11 is 1.72. The van der Waals surface area contributed by atoms with Gasteiger partial charge in [0.1, 0.15) is 5.75 Å². The largest absolute Gasteiger partial charge is 0.497 e. The van der Waals surface area contributed by atoms with Crippen LogP contribution in [-0.2, 0) is 0 Å². The molecule has 4 heteroatoms. The molecule has 3 aromatic carbocycles. The van der Waals surface area contributed by atoms with Gasteiger partial charge in [-0.15, -0.1) is 0 Å². The van der Waals surface area contributed by atoms with Crippen molar-refractivity contribution in [2.24, 2.45) is 0 Å². The van der Waals surface area contributed by atoms with Crippen molar-refractivity contribution < 1.29 is 4.74 Å². The fourth-order valence-corrected chi connectivity index (χ4v) is 4.07. The molecule has 0 aliphatic rings. The second-order valence-corrected chi connectivity index (χ2v) is 7.64. The minimum atomic E-state index is 0.871. The molecule has 0 aliphatic carbocycles. The first kappa shape index (κ1) is 17.6. The van der Waals surface area contributed by atoms with Crippen molar-refractivity contribution in [3.63, 3.8) is 0 Å². The average molecular weight is 375 g/mol. The molecule has 4 aromatic rings. The van der Waals surface area contributed by atoms with E-state index in [4.69, 9.17) is 4.74 Å². The molecule has 136 valence electrons. The lowest BCUT2D eigenvalue weighted by molar-refractivity contribution is 0.415. The molecular weight excluding hydrogens is 352 g/mol. The van der Waals surface area contributed by atoms with Crippen LogP contribution in [0.25, 0.3) is 22.0 Å². The van der Waals surface area contributed by atoms with Crippen LogP contribution in [0.3, 0.4) is 0 Å². The third-order valence-corrected chi connectivity index (χ3v) is 5.60. The third-order valence-electron chi connectivity index (χ3n) is 4.62. The number of hydrogen-bond donors (Lipinski definition) is 0. The maximum atomic E-state index is 5.47. The molecule has 0 saturated heterocycles. The number of rotatable bonds is 5. The number of methoxy groups -OCH3 is 1. The first-order valence-electron chi connectivity index (χ1n) is 8.86. The zero-order valence-corrected chi connectivity index (χ0v) is 16.5. The van der Waals surface area contributed by atoms with Crippen LogP contribution in [0.2, 0.25) is 0 Å². The summed E-state index contributed by atoms with van der Waals surface area (Å²) in [6.07, 6.45) is 2.21. The topological polar surface area (TPSA) is 17.4 Å². The van der Waals surface area contributed by atoms with Gasteiger partial charge in [-0.05, 0) is 60.0 Å². The van der Waals surface area contributed by atoms with E-state index < -0.39 is 0 Å². The van der Waals surface area contributed by atoms with Crippen LogP contribution in [0, 0.1) is 0 Å². The van der Waals surface area contributed by atoms with Gasteiger partial charge >= 0.3 is 0 Å². The molecule has 0 fully saturated rings. The van der Waals surface area contributed by atoms with Crippen molar-refractivity contribution in [3.05, 3.63) is 79.0 Å². The SMILES string of the molecule is COc1ccc2c(c1)c(-c1ccc(N(C)C)cc1)cn2Sc1ccccc1. The van der Waals surface area contributed by atoms with Crippen LogP contribution in [0.4, 0.5) is 5.69 Å². The van der Waals surface area contributed by atoms with E-state index in [9.17, 15) is 0 Å². The fourth-order valence-electron chi connectivity index (χ4n) is 3.15. The van der Waals surface area contributed by atoms with Gasteiger partial charge in [-0.3, -0.25) is 3.97 Å². The molecular formula is C23H22N2OS. The Labute approximate surface area is 164 Å². The minimum Gasteiger partial charge on any atom is -0.497 e. The van der Waals surface area contributed by atoms with E-state index in [2.05, 4.69) is 89.8 Å². The molecule has 27 heavy (non-hydrogen) atoms. The lowest BCUT2D eigenvalue weighted by atomic mass is 10.0. The first-order valence-corrected chi connectivity index (χ1v) is 9.63. The maximum absolute atomic E-state index is 5.47. The van der Waals surface area contributed by atoms with E-state index >= 15 is 0 Å². The zero-order valence-electron chi connectivity index (χ0n) is 15.7. The number of fused-ring (bicyclic) bond motifs is 1. The number of hydrogen-bond acceptors (Lipinski definition) is 3. The first-order chi connectivity index (χ1) is 13.2. The fraction of sp³-hybridized carbons (Fsp3) is 0.130. The van der Waals surface area contributed by atoms with Crippen LogP contribution in [-0.4, -0.2) is 25.2 Å². The molecule has 0 N–H and O–H groups in total. The molecule has 0 bridgehead atoms. The highest BCUT2D eigenvalue weighted by atomic mass is 32.2. The van der Waals surface area contributed by atoms with Crippen molar-refractivity contribution >= 4 is 28.5 Å². The number of anilines is 1. The molecule has 1 aromatic heterocycles. The summed E-state index contributed by atoms with van der Waals surface area (Å²) in [5.41, 5.74) is 4.78. The van der Waals surface area contributed by atoms with Crippen molar-refractivity contribution in [1.82, 2.24) is 3.97 Å². The predicted molar refractivity (Wildman–Crippen MR) is 116 cm³/mol. The van der Waals surface area contributed by atoms with Gasteiger partial charge in [-0.1, -0.05) is 30.3 Å². The molecule has 0 unspecified atom stereocenters. The van der Waals surface area contributed by atoms with Gasteiger partial charge in [0.05, 0.1) is 12.6 Å². The van der Waals surface area contributed by atoms with Crippen molar-refractivity contribution in [2.45, 2.75) is 4.90 Å². The zero-order chi connectivity index (χ0) is 18.8. The van der Waals surface area contributed by atoms with E-state index in [0.717, 1.165) is 5.75 Å². The summed E-state index contributed by atoms with van der Waals surface area (Å²) in [5.74, 6) is 0.871. The van der Waals surface area contributed by atoms with Gasteiger partial charge in [0.2, 0.25) is 0 Å². The van der Waals surface area contributed by atoms with Gasteiger partial charge in [0, 0.05) is 41.8 Å². The molecule has 4 rings (SSSR count). The molecule has 0 amide bonds. The molecule has 0 atom stereocenters. The smallest absolute Gasteiger partial charge is 0.119 e. The van der Waals surface area contributed by atoms with Crippen molar-refractivity contribution in [1.29, 1.82) is 0 Å². The van der Waals surface area contributed by atoms with E-state index in [0.29, 0.717) is 0 Å². The molecule has 0 radical (unpaired) electrons. The quantitative estimate of drug-likeness (QED) is 0.430. The minimum absolute atomic E-state index is 0.871. The molecule has 0 aliphatic heterocycles. The molecule has 0 saturated carbocycles. The second kappa shape index (κ2) is 7.41. The normalized spacial score (nSPS) is 10.9. The summed E-state index contributed by atoms with van der Waals surface area (Å²) < 4.78 is 7.70. The van der Waals surface area contributed by atoms with E-state index in [1.807, 2.05) is 12.1 Å². The summed E-state index contributed by atoms with van der Waals surface area (Å²) in [7, 11) is 5.83. The van der Waals surface area contributed by atoms with Gasteiger partial charge in [0.25, 0.3) is 0 Å². The van der Waals surface area contributed by atoms with E-state index in [1.165, 1.54) is 32.6 Å². The van der Waals surface area contributed by atoms with Gasteiger partial charge < -0.3 is 9.64 Å². The van der Waals surface area contributed by atoms with Crippen LogP contribution >= 0.6 is 11.9 Å². The number of ether oxygens (including phenoxy) is 1.